The predicted octanol–water partition coefficient (Wildman–Crippen LogP) is 3.03. The third-order valence-electron chi connectivity index (χ3n) is 2.42. The van der Waals surface area contributed by atoms with Crippen molar-refractivity contribution < 1.29 is 4.79 Å². The summed E-state index contributed by atoms with van der Waals surface area (Å²) in [5.41, 5.74) is 0. The normalized spacial score (nSPS) is 17.1. The molecule has 1 amide bonds. The van der Waals surface area contributed by atoms with E-state index in [0.717, 1.165) is 30.8 Å². The topological polar surface area (TPSA) is 20.3 Å². The monoisotopic (exact) mass is 229 g/mol. The Morgan fingerprint density at radius 3 is 2.64 bits per heavy atom. The molecule has 0 N–H and O–H groups in total. The van der Waals surface area contributed by atoms with Crippen molar-refractivity contribution in [2.75, 3.05) is 13.1 Å². The summed E-state index contributed by atoms with van der Waals surface area (Å²) < 4.78 is 0. The van der Waals surface area contributed by atoms with Crippen molar-refractivity contribution in [2.45, 2.75) is 19.3 Å². The van der Waals surface area contributed by atoms with Crippen molar-refractivity contribution in [3.05, 3.63) is 21.3 Å². The highest BCUT2D eigenvalue weighted by molar-refractivity contribution is 7.12. The SMILES string of the molecule is O=C(c1cc(Cl)cs1)N1CCCCC1. The van der Waals surface area contributed by atoms with Crippen LogP contribution in [0.25, 0.3) is 0 Å². The number of carbonyl (C=O) groups is 1. The molecule has 1 fully saturated rings. The van der Waals surface area contributed by atoms with Crippen LogP contribution in [0.3, 0.4) is 0 Å². The minimum Gasteiger partial charge on any atom is -0.338 e. The fraction of sp³-hybridized carbons (Fsp3) is 0.500. The van der Waals surface area contributed by atoms with E-state index in [1.165, 1.54) is 17.8 Å². The number of carbonyl (C=O) groups excluding carboxylic acids is 1. The lowest BCUT2D eigenvalue weighted by Gasteiger charge is -2.26. The van der Waals surface area contributed by atoms with Gasteiger partial charge in [-0.2, -0.15) is 0 Å². The first-order valence-corrected chi connectivity index (χ1v) is 6.06. The molecule has 1 saturated heterocycles. The quantitative estimate of drug-likeness (QED) is 0.725. The standard InChI is InChI=1S/C10H12ClNOS/c11-8-6-9(14-7-8)10(13)12-4-2-1-3-5-12/h6-7H,1-5H2. The summed E-state index contributed by atoms with van der Waals surface area (Å²) in [5.74, 6) is 0.140. The Morgan fingerprint density at radius 1 is 1.36 bits per heavy atom. The van der Waals surface area contributed by atoms with Crippen molar-refractivity contribution >= 4 is 28.8 Å². The molecule has 2 heterocycles. The average molecular weight is 230 g/mol. The molecular formula is C10H12ClNOS. The first-order chi connectivity index (χ1) is 6.77. The fourth-order valence-corrected chi connectivity index (χ4v) is 2.72. The Labute approximate surface area is 92.5 Å². The molecule has 0 saturated carbocycles. The van der Waals surface area contributed by atoms with Gasteiger partial charge in [0.2, 0.25) is 0 Å². The van der Waals surface area contributed by atoms with Crippen LogP contribution < -0.4 is 0 Å². The van der Waals surface area contributed by atoms with E-state index < -0.39 is 0 Å². The number of likely N-dealkylation sites (tertiary alicyclic amines) is 1. The van der Waals surface area contributed by atoms with Gasteiger partial charge in [-0.15, -0.1) is 11.3 Å². The van der Waals surface area contributed by atoms with Crippen LogP contribution in [0, 0.1) is 0 Å². The number of hydrogen-bond donors (Lipinski definition) is 0. The van der Waals surface area contributed by atoms with Crippen LogP contribution in [0.2, 0.25) is 5.02 Å². The number of halogens is 1. The molecule has 1 aromatic heterocycles. The first-order valence-electron chi connectivity index (χ1n) is 4.81. The van der Waals surface area contributed by atoms with E-state index in [-0.39, 0.29) is 5.91 Å². The van der Waals surface area contributed by atoms with E-state index >= 15 is 0 Å². The zero-order chi connectivity index (χ0) is 9.97. The number of rotatable bonds is 1. The van der Waals surface area contributed by atoms with Crippen molar-refractivity contribution in [3.63, 3.8) is 0 Å². The summed E-state index contributed by atoms with van der Waals surface area (Å²) in [7, 11) is 0. The van der Waals surface area contributed by atoms with Crippen molar-refractivity contribution in [1.29, 1.82) is 0 Å². The first kappa shape index (κ1) is 9.99. The smallest absolute Gasteiger partial charge is 0.263 e. The minimum absolute atomic E-state index is 0.140. The van der Waals surface area contributed by atoms with Gasteiger partial charge in [0.15, 0.2) is 0 Å². The molecule has 0 radical (unpaired) electrons. The van der Waals surface area contributed by atoms with E-state index in [1.54, 1.807) is 11.4 Å². The summed E-state index contributed by atoms with van der Waals surface area (Å²) in [6, 6.07) is 1.75. The van der Waals surface area contributed by atoms with Crippen molar-refractivity contribution in [1.82, 2.24) is 4.90 Å². The third-order valence-corrected chi connectivity index (χ3v) is 3.69. The van der Waals surface area contributed by atoms with Gasteiger partial charge < -0.3 is 4.90 Å². The van der Waals surface area contributed by atoms with Crippen molar-refractivity contribution in [3.8, 4) is 0 Å². The third kappa shape index (κ3) is 2.10. The van der Waals surface area contributed by atoms with Gasteiger partial charge in [0.1, 0.15) is 0 Å². The fourth-order valence-electron chi connectivity index (χ4n) is 1.68. The summed E-state index contributed by atoms with van der Waals surface area (Å²) in [4.78, 5) is 14.6. The van der Waals surface area contributed by atoms with Gasteiger partial charge >= 0.3 is 0 Å². The van der Waals surface area contributed by atoms with Crippen LogP contribution in [0.1, 0.15) is 28.9 Å². The molecule has 1 aliphatic rings. The number of amides is 1. The molecule has 1 aromatic rings. The van der Waals surface area contributed by atoms with Gasteiger partial charge in [-0.1, -0.05) is 11.6 Å². The van der Waals surface area contributed by atoms with Crippen LogP contribution >= 0.6 is 22.9 Å². The number of piperidine rings is 1. The predicted molar refractivity (Wildman–Crippen MR) is 59.1 cm³/mol. The molecule has 1 aliphatic heterocycles. The Morgan fingerprint density at radius 2 is 2.07 bits per heavy atom. The van der Waals surface area contributed by atoms with Crippen LogP contribution in [0.4, 0.5) is 0 Å². The Hall–Kier alpha value is -0.540. The van der Waals surface area contributed by atoms with Gasteiger partial charge in [0, 0.05) is 18.5 Å². The van der Waals surface area contributed by atoms with Crippen molar-refractivity contribution in [2.24, 2.45) is 0 Å². The maximum atomic E-state index is 11.9. The molecule has 76 valence electrons. The molecular weight excluding hydrogens is 218 g/mol. The lowest BCUT2D eigenvalue weighted by Crippen LogP contribution is -2.35. The maximum absolute atomic E-state index is 11.9. The molecule has 2 rings (SSSR count). The van der Waals surface area contributed by atoms with E-state index in [4.69, 9.17) is 11.6 Å². The zero-order valence-corrected chi connectivity index (χ0v) is 9.40. The minimum atomic E-state index is 0.140. The van der Waals surface area contributed by atoms with E-state index in [1.807, 2.05) is 4.90 Å². The molecule has 0 aliphatic carbocycles. The molecule has 0 atom stereocenters. The second-order valence-electron chi connectivity index (χ2n) is 3.48. The number of nitrogens with zero attached hydrogens (tertiary/aromatic N) is 1. The second-order valence-corrected chi connectivity index (χ2v) is 4.83. The van der Waals surface area contributed by atoms with Crippen LogP contribution in [-0.2, 0) is 0 Å². The van der Waals surface area contributed by atoms with Gasteiger partial charge in [-0.05, 0) is 25.3 Å². The van der Waals surface area contributed by atoms with E-state index in [2.05, 4.69) is 0 Å². The van der Waals surface area contributed by atoms with Crippen LogP contribution in [-0.4, -0.2) is 23.9 Å². The van der Waals surface area contributed by atoms with Gasteiger partial charge in [-0.3, -0.25) is 4.79 Å². The van der Waals surface area contributed by atoms with E-state index in [0.29, 0.717) is 5.02 Å². The highest BCUT2D eigenvalue weighted by Gasteiger charge is 2.19. The molecule has 0 bridgehead atoms. The summed E-state index contributed by atoms with van der Waals surface area (Å²) in [6.07, 6.45) is 3.50. The molecule has 4 heteroatoms. The number of thiophene rings is 1. The van der Waals surface area contributed by atoms with Gasteiger partial charge in [0.25, 0.3) is 5.91 Å². The lowest BCUT2D eigenvalue weighted by atomic mass is 10.1. The molecule has 0 spiro atoms. The Bertz CT molecular complexity index is 331. The second kappa shape index (κ2) is 4.32. The summed E-state index contributed by atoms with van der Waals surface area (Å²) in [5, 5.41) is 2.47. The summed E-state index contributed by atoms with van der Waals surface area (Å²) >= 11 is 7.21. The van der Waals surface area contributed by atoms with Gasteiger partial charge in [0.05, 0.1) is 9.90 Å². The van der Waals surface area contributed by atoms with Crippen LogP contribution in [0.5, 0.6) is 0 Å². The Kier molecular flexibility index (Phi) is 3.08. The lowest BCUT2D eigenvalue weighted by molar-refractivity contribution is 0.0729. The number of hydrogen-bond acceptors (Lipinski definition) is 2. The van der Waals surface area contributed by atoms with Crippen LogP contribution in [0.15, 0.2) is 11.4 Å². The molecule has 14 heavy (non-hydrogen) atoms. The highest BCUT2D eigenvalue weighted by atomic mass is 35.5. The highest BCUT2D eigenvalue weighted by Crippen LogP contribution is 2.22. The van der Waals surface area contributed by atoms with E-state index in [9.17, 15) is 4.79 Å². The molecule has 0 aromatic carbocycles. The average Bonchev–Trinajstić information content (AvgIpc) is 2.65. The van der Waals surface area contributed by atoms with Gasteiger partial charge in [-0.25, -0.2) is 0 Å². The largest absolute Gasteiger partial charge is 0.338 e. The summed E-state index contributed by atoms with van der Waals surface area (Å²) in [6.45, 7) is 1.79. The Balaban J connectivity index is 2.07. The molecule has 0 unspecified atom stereocenters. The molecule has 2 nitrogen and oxygen atoms in total. The maximum Gasteiger partial charge on any atom is 0.263 e. The zero-order valence-electron chi connectivity index (χ0n) is 7.83.